The number of aryl methyl sites for hydroxylation is 2. The highest BCUT2D eigenvalue weighted by atomic mass is 35.5. The van der Waals surface area contributed by atoms with Crippen LogP contribution in [0.1, 0.15) is 42.3 Å². The van der Waals surface area contributed by atoms with Crippen LogP contribution in [0.5, 0.6) is 0 Å². The van der Waals surface area contributed by atoms with Gasteiger partial charge in [-0.15, -0.1) is 0 Å². The van der Waals surface area contributed by atoms with Crippen LogP contribution in [0, 0.1) is 0 Å². The zero-order valence-electron chi connectivity index (χ0n) is 15.7. The molecule has 6 nitrogen and oxygen atoms in total. The van der Waals surface area contributed by atoms with Gasteiger partial charge in [-0.05, 0) is 67.5 Å². The maximum Gasteiger partial charge on any atom is 0.245 e. The van der Waals surface area contributed by atoms with Gasteiger partial charge in [-0.1, -0.05) is 35.0 Å². The highest BCUT2D eigenvalue weighted by Crippen LogP contribution is 2.37. The van der Waals surface area contributed by atoms with E-state index < -0.39 is 16.1 Å². The summed E-state index contributed by atoms with van der Waals surface area (Å²) in [6.07, 6.45) is 4.45. The van der Waals surface area contributed by atoms with E-state index in [0.29, 0.717) is 34.6 Å². The fourth-order valence-electron chi connectivity index (χ4n) is 4.23. The molecule has 8 heteroatoms. The normalized spacial score (nSPS) is 19.6. The van der Waals surface area contributed by atoms with Gasteiger partial charge in [-0.3, -0.25) is 0 Å². The van der Waals surface area contributed by atoms with Crippen molar-refractivity contribution in [2.24, 2.45) is 0 Å². The SMILES string of the molecule is O=S(=O)(c1ccc2c(c1)CCC2)N1CCC[C@@H]1c1nc(-c2cccc(Cl)c2)no1. The Morgan fingerprint density at radius 2 is 1.93 bits per heavy atom. The van der Waals surface area contributed by atoms with E-state index in [1.807, 2.05) is 24.3 Å². The summed E-state index contributed by atoms with van der Waals surface area (Å²) in [5.74, 6) is 0.728. The molecule has 1 fully saturated rings. The smallest absolute Gasteiger partial charge is 0.245 e. The van der Waals surface area contributed by atoms with Crippen molar-refractivity contribution in [2.75, 3.05) is 6.54 Å². The lowest BCUT2D eigenvalue weighted by molar-refractivity contribution is 0.290. The molecule has 150 valence electrons. The van der Waals surface area contributed by atoms with Gasteiger partial charge in [0.15, 0.2) is 0 Å². The molecule has 2 heterocycles. The van der Waals surface area contributed by atoms with Crippen LogP contribution < -0.4 is 0 Å². The Morgan fingerprint density at radius 1 is 1.07 bits per heavy atom. The quantitative estimate of drug-likeness (QED) is 0.614. The molecule has 29 heavy (non-hydrogen) atoms. The van der Waals surface area contributed by atoms with E-state index >= 15 is 0 Å². The Morgan fingerprint density at radius 3 is 2.79 bits per heavy atom. The molecule has 1 aromatic heterocycles. The Hall–Kier alpha value is -2.22. The molecular weight excluding hydrogens is 410 g/mol. The number of rotatable bonds is 4. The minimum atomic E-state index is -3.64. The molecule has 0 bridgehead atoms. The van der Waals surface area contributed by atoms with Crippen LogP contribution in [-0.2, 0) is 22.9 Å². The molecule has 1 atom stereocenters. The van der Waals surface area contributed by atoms with E-state index in [4.69, 9.17) is 16.1 Å². The number of aromatic nitrogens is 2. The highest BCUT2D eigenvalue weighted by Gasteiger charge is 2.39. The highest BCUT2D eigenvalue weighted by molar-refractivity contribution is 7.89. The molecule has 1 aliphatic heterocycles. The van der Waals surface area contributed by atoms with Gasteiger partial charge in [0.05, 0.1) is 4.90 Å². The maximum atomic E-state index is 13.4. The summed E-state index contributed by atoms with van der Waals surface area (Å²) in [5.41, 5.74) is 3.13. The van der Waals surface area contributed by atoms with Crippen LogP contribution in [0.25, 0.3) is 11.4 Å². The fraction of sp³-hybridized carbons (Fsp3) is 0.333. The van der Waals surface area contributed by atoms with E-state index in [9.17, 15) is 8.42 Å². The van der Waals surface area contributed by atoms with E-state index in [1.54, 1.807) is 18.2 Å². The standard InChI is InChI=1S/C21H20ClN3O3S/c22-17-7-2-6-16(12-17)20-23-21(28-24-20)19-8-3-11-25(19)29(26,27)18-10-9-14-4-1-5-15(14)13-18/h2,6-7,9-10,12-13,19H,1,3-5,8,11H2/t19-/m1/s1. The van der Waals surface area contributed by atoms with Crippen molar-refractivity contribution >= 4 is 21.6 Å². The minimum Gasteiger partial charge on any atom is -0.337 e. The number of halogens is 1. The number of fused-ring (bicyclic) bond motifs is 1. The maximum absolute atomic E-state index is 13.4. The van der Waals surface area contributed by atoms with Gasteiger partial charge in [0, 0.05) is 17.1 Å². The molecule has 2 aromatic carbocycles. The number of sulfonamides is 1. The third kappa shape index (κ3) is 3.37. The van der Waals surface area contributed by atoms with Crippen molar-refractivity contribution in [1.29, 1.82) is 0 Å². The predicted octanol–water partition coefficient (Wildman–Crippen LogP) is 4.40. The summed E-state index contributed by atoms with van der Waals surface area (Å²) in [4.78, 5) is 4.82. The van der Waals surface area contributed by atoms with Crippen molar-refractivity contribution in [2.45, 2.75) is 43.0 Å². The van der Waals surface area contributed by atoms with E-state index in [-0.39, 0.29) is 0 Å². The average Bonchev–Trinajstić information content (AvgIpc) is 3.46. The van der Waals surface area contributed by atoms with Crippen molar-refractivity contribution in [3.05, 3.63) is 64.5 Å². The van der Waals surface area contributed by atoms with Crippen LogP contribution in [0.3, 0.4) is 0 Å². The number of nitrogens with zero attached hydrogens (tertiary/aromatic N) is 3. The molecule has 0 amide bonds. The van der Waals surface area contributed by atoms with Gasteiger partial charge in [0.1, 0.15) is 6.04 Å². The van der Waals surface area contributed by atoms with Crippen LogP contribution in [0.4, 0.5) is 0 Å². The molecule has 0 N–H and O–H groups in total. The van der Waals surface area contributed by atoms with Gasteiger partial charge < -0.3 is 4.52 Å². The minimum absolute atomic E-state index is 0.321. The van der Waals surface area contributed by atoms with E-state index in [0.717, 1.165) is 36.8 Å². The lowest BCUT2D eigenvalue weighted by Gasteiger charge is -2.21. The second-order valence-corrected chi connectivity index (χ2v) is 9.85. The van der Waals surface area contributed by atoms with Crippen LogP contribution in [0.15, 0.2) is 51.9 Å². The first-order valence-corrected chi connectivity index (χ1v) is 11.6. The Bertz CT molecular complexity index is 1180. The third-order valence-corrected chi connectivity index (χ3v) is 7.83. The van der Waals surface area contributed by atoms with Gasteiger partial charge in [0.25, 0.3) is 0 Å². The predicted molar refractivity (Wildman–Crippen MR) is 109 cm³/mol. The van der Waals surface area contributed by atoms with Gasteiger partial charge >= 0.3 is 0 Å². The van der Waals surface area contributed by atoms with Gasteiger partial charge in [-0.25, -0.2) is 8.42 Å². The topological polar surface area (TPSA) is 76.3 Å². The lowest BCUT2D eigenvalue weighted by atomic mass is 10.1. The largest absolute Gasteiger partial charge is 0.337 e. The molecule has 5 rings (SSSR count). The van der Waals surface area contributed by atoms with E-state index in [2.05, 4.69) is 10.1 Å². The Labute approximate surface area is 174 Å². The summed E-state index contributed by atoms with van der Waals surface area (Å²) in [6, 6.07) is 12.2. The summed E-state index contributed by atoms with van der Waals surface area (Å²) < 4.78 is 33.7. The third-order valence-electron chi connectivity index (χ3n) is 5.69. The second-order valence-electron chi connectivity index (χ2n) is 7.52. The zero-order valence-corrected chi connectivity index (χ0v) is 17.3. The fourth-order valence-corrected chi connectivity index (χ4v) is 6.13. The van der Waals surface area contributed by atoms with Gasteiger partial charge in [0.2, 0.25) is 21.7 Å². The monoisotopic (exact) mass is 429 g/mol. The summed E-state index contributed by atoms with van der Waals surface area (Å²) >= 11 is 6.05. The number of benzene rings is 2. The molecule has 1 aliphatic carbocycles. The average molecular weight is 430 g/mol. The van der Waals surface area contributed by atoms with Crippen molar-refractivity contribution in [1.82, 2.24) is 14.4 Å². The van der Waals surface area contributed by atoms with Gasteiger partial charge in [-0.2, -0.15) is 9.29 Å². The second kappa shape index (κ2) is 7.23. The summed E-state index contributed by atoms with van der Waals surface area (Å²) in [5, 5.41) is 4.62. The summed E-state index contributed by atoms with van der Waals surface area (Å²) in [7, 11) is -3.64. The van der Waals surface area contributed by atoms with Crippen molar-refractivity contribution in [3.8, 4) is 11.4 Å². The lowest BCUT2D eigenvalue weighted by Crippen LogP contribution is -2.31. The number of hydrogen-bond donors (Lipinski definition) is 0. The van der Waals surface area contributed by atoms with E-state index in [1.165, 1.54) is 9.87 Å². The molecule has 0 radical (unpaired) electrons. The molecule has 1 saturated heterocycles. The molecule has 0 unspecified atom stereocenters. The first-order chi connectivity index (χ1) is 14.0. The molecule has 0 saturated carbocycles. The molecule has 0 spiro atoms. The molecular formula is C21H20ClN3O3S. The Balaban J connectivity index is 1.46. The van der Waals surface area contributed by atoms with Crippen LogP contribution in [-0.4, -0.2) is 29.4 Å². The first kappa shape index (κ1) is 18.8. The Kier molecular flexibility index (Phi) is 4.69. The summed E-state index contributed by atoms with van der Waals surface area (Å²) in [6.45, 7) is 0.443. The molecule has 2 aliphatic rings. The molecule has 3 aromatic rings. The van der Waals surface area contributed by atoms with Crippen LogP contribution >= 0.6 is 11.6 Å². The number of hydrogen-bond acceptors (Lipinski definition) is 5. The van der Waals surface area contributed by atoms with Crippen molar-refractivity contribution in [3.63, 3.8) is 0 Å². The first-order valence-electron chi connectivity index (χ1n) is 9.75. The van der Waals surface area contributed by atoms with Crippen molar-refractivity contribution < 1.29 is 12.9 Å². The zero-order chi connectivity index (χ0) is 20.0. The van der Waals surface area contributed by atoms with Crippen LogP contribution in [0.2, 0.25) is 5.02 Å².